The van der Waals surface area contributed by atoms with Crippen molar-refractivity contribution in [3.05, 3.63) is 64.7 Å². The first kappa shape index (κ1) is 19.5. The highest BCUT2D eigenvalue weighted by atomic mass is 16.5. The summed E-state index contributed by atoms with van der Waals surface area (Å²) < 4.78 is 5.22. The summed E-state index contributed by atoms with van der Waals surface area (Å²) in [5.41, 5.74) is 3.28. The molecule has 0 aromatic heterocycles. The molecule has 2 aliphatic rings. The molecule has 4 rings (SSSR count). The number of amides is 2. The molecule has 2 amide bonds. The van der Waals surface area contributed by atoms with E-state index in [1.54, 1.807) is 20.2 Å². The van der Waals surface area contributed by atoms with Crippen LogP contribution in [-0.4, -0.2) is 54.9 Å². The van der Waals surface area contributed by atoms with E-state index in [4.69, 9.17) is 4.74 Å². The molecule has 0 spiro atoms. The summed E-state index contributed by atoms with van der Waals surface area (Å²) in [6, 6.07) is 14.0. The van der Waals surface area contributed by atoms with Gasteiger partial charge < -0.3 is 15.0 Å². The van der Waals surface area contributed by atoms with E-state index in [1.807, 2.05) is 29.2 Å². The zero-order chi connectivity index (χ0) is 20.4. The number of rotatable bonds is 5. The van der Waals surface area contributed by atoms with Crippen molar-refractivity contribution in [2.75, 3.05) is 27.2 Å². The van der Waals surface area contributed by atoms with Crippen molar-refractivity contribution in [3.63, 3.8) is 0 Å². The van der Waals surface area contributed by atoms with Gasteiger partial charge >= 0.3 is 0 Å². The van der Waals surface area contributed by atoms with Gasteiger partial charge in [-0.05, 0) is 42.2 Å². The van der Waals surface area contributed by atoms with Gasteiger partial charge in [-0.25, -0.2) is 0 Å². The number of likely N-dealkylation sites (tertiary alicyclic amines) is 1. The number of benzene rings is 2. The Hall–Kier alpha value is -2.86. The van der Waals surface area contributed by atoms with E-state index in [-0.39, 0.29) is 17.9 Å². The van der Waals surface area contributed by atoms with Gasteiger partial charge in [0.05, 0.1) is 18.2 Å². The van der Waals surface area contributed by atoms with Gasteiger partial charge in [0.15, 0.2) is 0 Å². The normalized spacial score (nSPS) is 17.3. The highest BCUT2D eigenvalue weighted by Crippen LogP contribution is 2.31. The monoisotopic (exact) mass is 393 g/mol. The van der Waals surface area contributed by atoms with Crippen LogP contribution in [0.15, 0.2) is 42.5 Å². The van der Waals surface area contributed by atoms with Gasteiger partial charge in [-0.1, -0.05) is 24.3 Å². The van der Waals surface area contributed by atoms with E-state index in [1.165, 1.54) is 5.56 Å². The Morgan fingerprint density at radius 1 is 1.14 bits per heavy atom. The minimum Gasteiger partial charge on any atom is -0.497 e. The molecule has 0 atom stereocenters. The second-order valence-electron chi connectivity index (χ2n) is 7.71. The fraction of sp³-hybridized carbons (Fsp3) is 0.391. The second kappa shape index (κ2) is 8.25. The van der Waals surface area contributed by atoms with Crippen LogP contribution in [0.2, 0.25) is 0 Å². The van der Waals surface area contributed by atoms with Gasteiger partial charge in [0.2, 0.25) is 0 Å². The standard InChI is InChI=1S/C23H27N3O3/c1-24-22(27)20-5-3-4-17-15-26(23(28)21(17)20)18-10-12-25(13-11-18)14-16-6-8-19(29-2)9-7-16/h3-9,18H,10-15H2,1-2H3,(H,24,27). The summed E-state index contributed by atoms with van der Waals surface area (Å²) in [7, 11) is 3.27. The number of methoxy groups -OCH3 is 1. The maximum Gasteiger partial charge on any atom is 0.255 e. The van der Waals surface area contributed by atoms with E-state index < -0.39 is 0 Å². The summed E-state index contributed by atoms with van der Waals surface area (Å²) >= 11 is 0. The Morgan fingerprint density at radius 3 is 2.52 bits per heavy atom. The Morgan fingerprint density at radius 2 is 1.86 bits per heavy atom. The molecule has 2 heterocycles. The average molecular weight is 393 g/mol. The van der Waals surface area contributed by atoms with Crippen molar-refractivity contribution >= 4 is 11.8 Å². The molecule has 152 valence electrons. The molecule has 6 nitrogen and oxygen atoms in total. The molecular weight excluding hydrogens is 366 g/mol. The molecule has 0 aliphatic carbocycles. The predicted molar refractivity (Wildman–Crippen MR) is 111 cm³/mol. The summed E-state index contributed by atoms with van der Waals surface area (Å²) in [6.45, 7) is 3.42. The Balaban J connectivity index is 1.39. The molecule has 2 aliphatic heterocycles. The van der Waals surface area contributed by atoms with Crippen LogP contribution in [0.1, 0.15) is 44.7 Å². The first-order chi connectivity index (χ1) is 14.1. The van der Waals surface area contributed by atoms with E-state index in [0.29, 0.717) is 17.7 Å². The van der Waals surface area contributed by atoms with Crippen LogP contribution >= 0.6 is 0 Å². The molecule has 0 unspecified atom stereocenters. The largest absolute Gasteiger partial charge is 0.497 e. The lowest BCUT2D eigenvalue weighted by Gasteiger charge is -2.36. The Kier molecular flexibility index (Phi) is 5.53. The third-order valence-electron chi connectivity index (χ3n) is 6.00. The summed E-state index contributed by atoms with van der Waals surface area (Å²) in [5, 5.41) is 2.64. The van der Waals surface area contributed by atoms with Crippen molar-refractivity contribution in [2.24, 2.45) is 0 Å². The molecule has 2 aromatic carbocycles. The lowest BCUT2D eigenvalue weighted by atomic mass is 10.0. The molecular formula is C23H27N3O3. The van der Waals surface area contributed by atoms with Gasteiger partial charge in [0.1, 0.15) is 5.75 Å². The van der Waals surface area contributed by atoms with Crippen LogP contribution in [-0.2, 0) is 13.1 Å². The van der Waals surface area contributed by atoms with Crippen molar-refractivity contribution < 1.29 is 14.3 Å². The number of nitrogens with one attached hydrogen (secondary N) is 1. The molecule has 1 fully saturated rings. The first-order valence-corrected chi connectivity index (χ1v) is 10.1. The number of carbonyl (C=O) groups is 2. The van der Waals surface area contributed by atoms with Crippen LogP contribution in [0.5, 0.6) is 5.75 Å². The molecule has 1 saturated heterocycles. The highest BCUT2D eigenvalue weighted by molar-refractivity contribution is 6.09. The third kappa shape index (κ3) is 3.85. The second-order valence-corrected chi connectivity index (χ2v) is 7.71. The summed E-state index contributed by atoms with van der Waals surface area (Å²) in [6.07, 6.45) is 1.90. The number of carbonyl (C=O) groups excluding carboxylic acids is 2. The smallest absolute Gasteiger partial charge is 0.255 e. The third-order valence-corrected chi connectivity index (χ3v) is 6.00. The SMILES string of the molecule is CNC(=O)c1cccc2c1C(=O)N(C1CCN(Cc3ccc(OC)cc3)CC1)C2. The first-order valence-electron chi connectivity index (χ1n) is 10.1. The zero-order valence-electron chi connectivity index (χ0n) is 17.0. The quantitative estimate of drug-likeness (QED) is 0.848. The van der Waals surface area contributed by atoms with Crippen LogP contribution in [0.4, 0.5) is 0 Å². The highest BCUT2D eigenvalue weighted by Gasteiger charge is 2.36. The summed E-state index contributed by atoms with van der Waals surface area (Å²) in [4.78, 5) is 29.6. The number of piperidine rings is 1. The Bertz CT molecular complexity index is 902. The number of hydrogen-bond donors (Lipinski definition) is 1. The van der Waals surface area contributed by atoms with Crippen molar-refractivity contribution in [1.29, 1.82) is 0 Å². The number of hydrogen-bond acceptors (Lipinski definition) is 4. The van der Waals surface area contributed by atoms with Gasteiger partial charge in [-0.3, -0.25) is 14.5 Å². The van der Waals surface area contributed by atoms with E-state index in [9.17, 15) is 9.59 Å². The molecule has 1 N–H and O–H groups in total. The van der Waals surface area contributed by atoms with Gasteiger partial charge in [-0.2, -0.15) is 0 Å². The lowest BCUT2D eigenvalue weighted by molar-refractivity contribution is 0.0588. The van der Waals surface area contributed by atoms with Gasteiger partial charge in [0, 0.05) is 39.3 Å². The van der Waals surface area contributed by atoms with Crippen LogP contribution in [0.25, 0.3) is 0 Å². The van der Waals surface area contributed by atoms with Crippen molar-refractivity contribution in [1.82, 2.24) is 15.1 Å². The number of nitrogens with zero attached hydrogens (tertiary/aromatic N) is 2. The van der Waals surface area contributed by atoms with E-state index in [0.717, 1.165) is 43.8 Å². The minimum absolute atomic E-state index is 0.00666. The van der Waals surface area contributed by atoms with Gasteiger partial charge in [0.25, 0.3) is 11.8 Å². The maximum atomic E-state index is 13.1. The van der Waals surface area contributed by atoms with E-state index in [2.05, 4.69) is 22.3 Å². The van der Waals surface area contributed by atoms with Crippen LogP contribution in [0.3, 0.4) is 0 Å². The molecule has 29 heavy (non-hydrogen) atoms. The number of fused-ring (bicyclic) bond motifs is 1. The fourth-order valence-electron chi connectivity index (χ4n) is 4.38. The molecule has 0 saturated carbocycles. The predicted octanol–water partition coefficient (Wildman–Crippen LogP) is 2.68. The fourth-order valence-corrected chi connectivity index (χ4v) is 4.38. The topological polar surface area (TPSA) is 61.9 Å². The maximum absolute atomic E-state index is 13.1. The molecule has 2 aromatic rings. The van der Waals surface area contributed by atoms with E-state index >= 15 is 0 Å². The minimum atomic E-state index is -0.202. The van der Waals surface area contributed by atoms with Crippen LogP contribution < -0.4 is 10.1 Å². The molecule has 0 bridgehead atoms. The van der Waals surface area contributed by atoms with Gasteiger partial charge in [-0.15, -0.1) is 0 Å². The Labute approximate surface area is 171 Å². The van der Waals surface area contributed by atoms with Crippen LogP contribution in [0, 0.1) is 0 Å². The number of ether oxygens (including phenoxy) is 1. The summed E-state index contributed by atoms with van der Waals surface area (Å²) in [5.74, 6) is 0.662. The zero-order valence-corrected chi connectivity index (χ0v) is 17.0. The molecule has 0 radical (unpaired) electrons. The lowest BCUT2D eigenvalue weighted by Crippen LogP contribution is -2.44. The van der Waals surface area contributed by atoms with Crippen molar-refractivity contribution in [3.8, 4) is 5.75 Å². The average Bonchev–Trinajstić information content (AvgIpc) is 3.11. The van der Waals surface area contributed by atoms with Crippen molar-refractivity contribution in [2.45, 2.75) is 32.0 Å². The molecule has 6 heteroatoms.